The fraction of sp³-hybridized carbons (Fsp3) is 0.905. The predicted molar refractivity (Wildman–Crippen MR) is 111 cm³/mol. The van der Waals surface area contributed by atoms with Crippen molar-refractivity contribution < 1.29 is 17.2 Å². The van der Waals surface area contributed by atoms with Crippen LogP contribution in [0, 0.1) is 0 Å². The fourth-order valence-corrected chi connectivity index (χ4v) is 3.78. The van der Waals surface area contributed by atoms with Crippen molar-refractivity contribution in [2.24, 2.45) is 0 Å². The molecule has 0 radical (unpaired) electrons. The molecule has 0 saturated heterocycles. The van der Waals surface area contributed by atoms with E-state index < -0.39 is 16.0 Å². The third kappa shape index (κ3) is 19.9. The van der Waals surface area contributed by atoms with Crippen molar-refractivity contribution in [2.75, 3.05) is 0 Å². The minimum Gasteiger partial charge on any atom is -0.264 e. The average molecular weight is 391 g/mol. The molecule has 0 aliphatic carbocycles. The Hall–Kier alpha value is -0.390. The van der Waals surface area contributed by atoms with E-state index in [4.69, 9.17) is 4.55 Å². The molecule has 0 aliphatic heterocycles. The van der Waals surface area contributed by atoms with Crippen LogP contribution in [0.25, 0.3) is 0 Å². The molecule has 156 valence electrons. The van der Waals surface area contributed by atoms with Crippen molar-refractivity contribution in [3.63, 3.8) is 0 Å². The fourth-order valence-electron chi connectivity index (χ4n) is 3.12. The van der Waals surface area contributed by atoms with E-state index in [1.807, 2.05) is 0 Å². The molecular formula is C21H42O4S. The van der Waals surface area contributed by atoms with Gasteiger partial charge in [0.2, 0.25) is 0 Å². The summed E-state index contributed by atoms with van der Waals surface area (Å²) < 4.78 is 34.9. The molecule has 0 amide bonds. The molecule has 0 aromatic rings. The molecule has 26 heavy (non-hydrogen) atoms. The van der Waals surface area contributed by atoms with Gasteiger partial charge in [0.05, 0.1) is 5.60 Å². The Kier molecular flexibility index (Phi) is 15.4. The van der Waals surface area contributed by atoms with Crippen LogP contribution in [0.5, 0.6) is 0 Å². The second kappa shape index (κ2) is 15.6. The lowest BCUT2D eigenvalue weighted by molar-refractivity contribution is 0.0876. The van der Waals surface area contributed by atoms with Crippen LogP contribution >= 0.6 is 0 Å². The van der Waals surface area contributed by atoms with Crippen LogP contribution < -0.4 is 0 Å². The molecule has 0 aromatic heterocycles. The quantitative estimate of drug-likeness (QED) is 0.155. The molecule has 4 nitrogen and oxygen atoms in total. The molecule has 0 atom stereocenters. The average Bonchev–Trinajstić information content (AvgIpc) is 2.52. The Morgan fingerprint density at radius 2 is 1.19 bits per heavy atom. The highest BCUT2D eigenvalue weighted by atomic mass is 32.3. The first-order chi connectivity index (χ1) is 12.3. The van der Waals surface area contributed by atoms with Crippen LogP contribution in [0.2, 0.25) is 0 Å². The SMILES string of the molecule is CCCCCCCC/C=C\CCCCCCCCC(C)(C)OS(=O)(=O)O. The second-order valence-corrected chi connectivity index (χ2v) is 8.98. The van der Waals surface area contributed by atoms with Crippen molar-refractivity contribution in [2.45, 2.75) is 123 Å². The summed E-state index contributed by atoms with van der Waals surface area (Å²) in [5, 5.41) is 0. The van der Waals surface area contributed by atoms with Crippen molar-refractivity contribution in [1.82, 2.24) is 0 Å². The molecule has 5 heteroatoms. The Morgan fingerprint density at radius 1 is 0.769 bits per heavy atom. The maximum atomic E-state index is 10.7. The van der Waals surface area contributed by atoms with E-state index >= 15 is 0 Å². The molecule has 1 N–H and O–H groups in total. The Morgan fingerprint density at radius 3 is 1.65 bits per heavy atom. The normalized spacial score (nSPS) is 12.9. The van der Waals surface area contributed by atoms with Gasteiger partial charge in [-0.2, -0.15) is 8.42 Å². The minimum atomic E-state index is -4.36. The van der Waals surface area contributed by atoms with Crippen LogP contribution in [0.3, 0.4) is 0 Å². The molecule has 0 heterocycles. The largest absolute Gasteiger partial charge is 0.397 e. The zero-order chi connectivity index (χ0) is 19.7. The van der Waals surface area contributed by atoms with E-state index in [-0.39, 0.29) is 0 Å². The zero-order valence-electron chi connectivity index (χ0n) is 17.3. The summed E-state index contributed by atoms with van der Waals surface area (Å²) >= 11 is 0. The molecule has 0 fully saturated rings. The van der Waals surface area contributed by atoms with Gasteiger partial charge in [0.25, 0.3) is 0 Å². The van der Waals surface area contributed by atoms with Crippen LogP contribution in [0.15, 0.2) is 12.2 Å². The molecule has 0 spiro atoms. The van der Waals surface area contributed by atoms with Crippen molar-refractivity contribution in [1.29, 1.82) is 0 Å². The molecule has 0 aromatic carbocycles. The van der Waals surface area contributed by atoms with E-state index in [1.165, 1.54) is 77.0 Å². The molecule has 0 aliphatic rings. The number of rotatable bonds is 18. The van der Waals surface area contributed by atoms with Crippen LogP contribution in [-0.2, 0) is 14.6 Å². The van der Waals surface area contributed by atoms with Gasteiger partial charge in [-0.05, 0) is 46.0 Å². The van der Waals surface area contributed by atoms with E-state index in [0.717, 1.165) is 12.8 Å². The first-order valence-corrected chi connectivity index (χ1v) is 12.0. The summed E-state index contributed by atoms with van der Waals surface area (Å²) in [6, 6.07) is 0. The number of allylic oxidation sites excluding steroid dienone is 2. The van der Waals surface area contributed by atoms with Gasteiger partial charge in [-0.25, -0.2) is 4.18 Å². The highest BCUT2D eigenvalue weighted by molar-refractivity contribution is 7.80. The molecule has 0 rings (SSSR count). The summed E-state index contributed by atoms with van der Waals surface area (Å²) in [4.78, 5) is 0. The van der Waals surface area contributed by atoms with Gasteiger partial charge in [0.1, 0.15) is 0 Å². The minimum absolute atomic E-state index is 0.633. The van der Waals surface area contributed by atoms with Gasteiger partial charge in [0, 0.05) is 0 Å². The zero-order valence-corrected chi connectivity index (χ0v) is 18.2. The van der Waals surface area contributed by atoms with Crippen LogP contribution in [0.4, 0.5) is 0 Å². The maximum Gasteiger partial charge on any atom is 0.397 e. The third-order valence-electron chi connectivity index (χ3n) is 4.62. The van der Waals surface area contributed by atoms with Crippen LogP contribution in [-0.4, -0.2) is 18.6 Å². The smallest absolute Gasteiger partial charge is 0.264 e. The standard InChI is InChI=1S/C21H42O4S/c1-4-5-6-7-8-9-10-11-12-13-14-15-16-17-18-19-20-21(2,3)25-26(22,23)24/h11-12H,4-10,13-20H2,1-3H3,(H,22,23,24)/b12-11-. The van der Waals surface area contributed by atoms with E-state index in [2.05, 4.69) is 23.3 Å². The van der Waals surface area contributed by atoms with Gasteiger partial charge in [-0.15, -0.1) is 0 Å². The Balaban J connectivity index is 3.37. The maximum absolute atomic E-state index is 10.7. The van der Waals surface area contributed by atoms with Gasteiger partial charge in [-0.3, -0.25) is 4.55 Å². The van der Waals surface area contributed by atoms with Crippen LogP contribution in [0.1, 0.15) is 117 Å². The predicted octanol–water partition coefficient (Wildman–Crippen LogP) is 7.01. The monoisotopic (exact) mass is 390 g/mol. The highest BCUT2D eigenvalue weighted by Gasteiger charge is 2.24. The molecule has 0 unspecified atom stereocenters. The third-order valence-corrected chi connectivity index (χ3v) is 5.28. The van der Waals surface area contributed by atoms with E-state index in [9.17, 15) is 8.42 Å². The van der Waals surface area contributed by atoms with Gasteiger partial charge >= 0.3 is 10.4 Å². The Labute approximate surface area is 162 Å². The molecule has 0 bridgehead atoms. The summed E-state index contributed by atoms with van der Waals surface area (Å²) in [7, 11) is -4.36. The van der Waals surface area contributed by atoms with E-state index in [0.29, 0.717) is 6.42 Å². The second-order valence-electron chi connectivity index (χ2n) is 7.96. The first-order valence-electron chi connectivity index (χ1n) is 10.6. The van der Waals surface area contributed by atoms with Crippen molar-refractivity contribution in [3.8, 4) is 0 Å². The van der Waals surface area contributed by atoms with Gasteiger partial charge in [0.15, 0.2) is 0 Å². The summed E-state index contributed by atoms with van der Waals surface area (Å²) in [6.45, 7) is 5.64. The van der Waals surface area contributed by atoms with E-state index in [1.54, 1.807) is 13.8 Å². The first kappa shape index (κ1) is 25.6. The lowest BCUT2D eigenvalue weighted by Crippen LogP contribution is -2.27. The lowest BCUT2D eigenvalue weighted by Gasteiger charge is -2.22. The summed E-state index contributed by atoms with van der Waals surface area (Å²) in [5.41, 5.74) is -0.825. The van der Waals surface area contributed by atoms with Gasteiger partial charge < -0.3 is 0 Å². The number of hydrogen-bond acceptors (Lipinski definition) is 3. The Bertz CT molecular complexity index is 441. The number of hydrogen-bond donors (Lipinski definition) is 1. The van der Waals surface area contributed by atoms with Gasteiger partial charge in [-0.1, -0.05) is 83.3 Å². The van der Waals surface area contributed by atoms with Crippen molar-refractivity contribution in [3.05, 3.63) is 12.2 Å². The number of unbranched alkanes of at least 4 members (excludes halogenated alkanes) is 12. The lowest BCUT2D eigenvalue weighted by atomic mass is 9.99. The topological polar surface area (TPSA) is 63.6 Å². The van der Waals surface area contributed by atoms with Crippen molar-refractivity contribution >= 4 is 10.4 Å². The summed E-state index contributed by atoms with van der Waals surface area (Å²) in [6.07, 6.45) is 22.8. The summed E-state index contributed by atoms with van der Waals surface area (Å²) in [5.74, 6) is 0. The molecule has 0 saturated carbocycles. The molecular weight excluding hydrogens is 348 g/mol. The highest BCUT2D eigenvalue weighted by Crippen LogP contribution is 2.21.